The van der Waals surface area contributed by atoms with Crippen molar-refractivity contribution in [1.82, 2.24) is 9.62 Å². The highest BCUT2D eigenvalue weighted by atomic mass is 32.2. The van der Waals surface area contributed by atoms with E-state index >= 15 is 0 Å². The Bertz CT molecular complexity index is 701. The van der Waals surface area contributed by atoms with Crippen LogP contribution < -0.4 is 14.4 Å². The lowest BCUT2D eigenvalue weighted by Crippen LogP contribution is -2.37. The first kappa shape index (κ1) is 17.7. The predicted molar refractivity (Wildman–Crippen MR) is 88.4 cm³/mol. The summed E-state index contributed by atoms with van der Waals surface area (Å²) in [7, 11) is 0.137. The molecule has 7 nitrogen and oxygen atoms in total. The van der Waals surface area contributed by atoms with Gasteiger partial charge in [0.2, 0.25) is 15.9 Å². The van der Waals surface area contributed by atoms with Gasteiger partial charge in [0.15, 0.2) is 0 Å². The van der Waals surface area contributed by atoms with Gasteiger partial charge in [-0.1, -0.05) is 0 Å². The number of hydrogen-bond acceptors (Lipinski definition) is 5. The number of anilines is 1. The van der Waals surface area contributed by atoms with Crippen molar-refractivity contribution in [2.45, 2.75) is 18.7 Å². The molecule has 0 aliphatic carbocycles. The van der Waals surface area contributed by atoms with E-state index in [1.54, 1.807) is 17.9 Å². The van der Waals surface area contributed by atoms with Crippen LogP contribution in [0.5, 0.6) is 5.75 Å². The Balaban J connectivity index is 2.33. The van der Waals surface area contributed by atoms with Gasteiger partial charge in [0.05, 0.1) is 17.1 Å². The summed E-state index contributed by atoms with van der Waals surface area (Å²) in [6, 6.07) is 3.19. The molecule has 1 heterocycles. The maximum atomic E-state index is 12.5. The summed E-state index contributed by atoms with van der Waals surface area (Å²) >= 11 is 0. The molecule has 23 heavy (non-hydrogen) atoms. The molecule has 0 aromatic heterocycles. The van der Waals surface area contributed by atoms with Gasteiger partial charge in [-0.2, -0.15) is 0 Å². The van der Waals surface area contributed by atoms with Gasteiger partial charge in [0, 0.05) is 26.1 Å². The fourth-order valence-corrected chi connectivity index (χ4v) is 3.71. The molecule has 1 aliphatic heterocycles. The van der Waals surface area contributed by atoms with E-state index in [4.69, 9.17) is 4.74 Å². The number of hydrogen-bond donors (Lipinski definition) is 1. The summed E-state index contributed by atoms with van der Waals surface area (Å²) in [5.41, 5.74) is 1.20. The summed E-state index contributed by atoms with van der Waals surface area (Å²) < 4.78 is 33.1. The first-order valence-electron chi connectivity index (χ1n) is 7.42. The number of benzene rings is 1. The first-order valence-corrected chi connectivity index (χ1v) is 8.90. The maximum Gasteiger partial charge on any atom is 0.241 e. The van der Waals surface area contributed by atoms with Crippen LogP contribution in [0, 0.1) is 6.92 Å². The second-order valence-corrected chi connectivity index (χ2v) is 7.54. The fourth-order valence-electron chi connectivity index (χ4n) is 2.45. The molecule has 0 saturated carbocycles. The highest BCUT2D eigenvalue weighted by molar-refractivity contribution is 7.89. The average Bonchev–Trinajstić information content (AvgIpc) is 2.44. The Hall–Kier alpha value is -1.64. The third-order valence-electron chi connectivity index (χ3n) is 3.64. The molecule has 0 bridgehead atoms. The Morgan fingerprint density at radius 1 is 1.39 bits per heavy atom. The fraction of sp³-hybridized carbons (Fsp3) is 0.533. The van der Waals surface area contributed by atoms with Crippen LogP contribution in [0.25, 0.3) is 0 Å². The topological polar surface area (TPSA) is 78.9 Å². The molecule has 0 radical (unpaired) electrons. The summed E-state index contributed by atoms with van der Waals surface area (Å²) in [5.74, 6) is 0.332. The number of nitrogens with zero attached hydrogens (tertiary/aromatic N) is 2. The third-order valence-corrected chi connectivity index (χ3v) is 5.24. The van der Waals surface area contributed by atoms with Crippen molar-refractivity contribution >= 4 is 21.6 Å². The molecule has 1 aromatic carbocycles. The van der Waals surface area contributed by atoms with Crippen LogP contribution in [0.1, 0.15) is 12.5 Å². The highest BCUT2D eigenvalue weighted by Crippen LogP contribution is 2.35. The van der Waals surface area contributed by atoms with Crippen molar-refractivity contribution < 1.29 is 17.9 Å². The minimum atomic E-state index is -3.62. The van der Waals surface area contributed by atoms with Crippen molar-refractivity contribution in [3.63, 3.8) is 0 Å². The maximum absolute atomic E-state index is 12.5. The number of sulfonamides is 1. The van der Waals surface area contributed by atoms with Crippen molar-refractivity contribution in [2.75, 3.05) is 45.2 Å². The molecule has 2 rings (SSSR count). The van der Waals surface area contributed by atoms with Gasteiger partial charge in [0.25, 0.3) is 0 Å². The summed E-state index contributed by atoms with van der Waals surface area (Å²) in [6.45, 7) is 4.95. The number of rotatable bonds is 5. The summed E-state index contributed by atoms with van der Waals surface area (Å²) in [4.78, 5) is 15.4. The number of carbonyl (C=O) groups is 1. The molecule has 1 amide bonds. The molecule has 8 heteroatoms. The molecule has 1 N–H and O–H groups in total. The second kappa shape index (κ2) is 6.86. The number of amides is 1. The van der Waals surface area contributed by atoms with Crippen molar-refractivity contribution in [1.29, 1.82) is 0 Å². The van der Waals surface area contributed by atoms with Gasteiger partial charge < -0.3 is 14.5 Å². The quantitative estimate of drug-likeness (QED) is 0.847. The molecular weight excluding hydrogens is 318 g/mol. The molecule has 0 saturated heterocycles. The molecule has 0 atom stereocenters. The number of ether oxygens (including phenoxy) is 1. The van der Waals surface area contributed by atoms with Crippen LogP contribution in [0.4, 0.5) is 5.69 Å². The monoisotopic (exact) mass is 341 g/mol. The Labute approximate surface area is 137 Å². The van der Waals surface area contributed by atoms with E-state index in [0.29, 0.717) is 43.2 Å². The van der Waals surface area contributed by atoms with E-state index in [0.717, 1.165) is 0 Å². The lowest BCUT2D eigenvalue weighted by molar-refractivity contribution is -0.116. The Kier molecular flexibility index (Phi) is 5.28. The molecule has 0 unspecified atom stereocenters. The van der Waals surface area contributed by atoms with Crippen LogP contribution >= 0.6 is 0 Å². The lowest BCUT2D eigenvalue weighted by Gasteiger charge is -2.29. The third kappa shape index (κ3) is 4.01. The van der Waals surface area contributed by atoms with E-state index in [9.17, 15) is 13.2 Å². The van der Waals surface area contributed by atoms with Gasteiger partial charge >= 0.3 is 0 Å². The summed E-state index contributed by atoms with van der Waals surface area (Å²) in [5, 5.41) is 0. The van der Waals surface area contributed by atoms with Crippen LogP contribution in [-0.2, 0) is 14.8 Å². The Morgan fingerprint density at radius 3 is 2.70 bits per heavy atom. The zero-order chi connectivity index (χ0) is 17.2. The predicted octanol–water partition coefficient (Wildman–Crippen LogP) is 0.580. The average molecular weight is 341 g/mol. The number of carbonyl (C=O) groups excluding carboxylic acids is 1. The molecule has 0 spiro atoms. The van der Waals surface area contributed by atoms with Crippen molar-refractivity contribution in [3.8, 4) is 5.75 Å². The van der Waals surface area contributed by atoms with Gasteiger partial charge in [0.1, 0.15) is 12.4 Å². The molecular formula is C15H23N3O4S. The minimum absolute atomic E-state index is 0.0892. The van der Waals surface area contributed by atoms with Gasteiger partial charge in [-0.15, -0.1) is 0 Å². The Morgan fingerprint density at radius 2 is 2.09 bits per heavy atom. The standard InChI is InChI=1S/C15H23N3O4S/c1-11-9-13-14(22-8-7-18(13)12(2)19)10-15(11)23(20,21)16-5-6-17(3)4/h9-10,16H,5-8H2,1-4H3. The summed E-state index contributed by atoms with van der Waals surface area (Å²) in [6.07, 6.45) is 0. The number of aryl methyl sites for hydroxylation is 1. The number of fused-ring (bicyclic) bond motifs is 1. The number of likely N-dealkylation sites (N-methyl/N-ethyl adjacent to an activating group) is 1. The van der Waals surface area contributed by atoms with Crippen LogP contribution in [0.3, 0.4) is 0 Å². The molecule has 1 aromatic rings. The van der Waals surface area contributed by atoms with Crippen molar-refractivity contribution in [2.24, 2.45) is 0 Å². The normalized spacial score (nSPS) is 14.6. The zero-order valence-electron chi connectivity index (χ0n) is 13.9. The van der Waals surface area contributed by atoms with E-state index in [1.807, 2.05) is 19.0 Å². The molecule has 0 fully saturated rings. The molecule has 1 aliphatic rings. The van der Waals surface area contributed by atoms with Gasteiger partial charge in [-0.3, -0.25) is 4.79 Å². The minimum Gasteiger partial charge on any atom is -0.489 e. The smallest absolute Gasteiger partial charge is 0.241 e. The van der Waals surface area contributed by atoms with Gasteiger partial charge in [-0.05, 0) is 32.6 Å². The van der Waals surface area contributed by atoms with Crippen LogP contribution in [0.2, 0.25) is 0 Å². The van der Waals surface area contributed by atoms with E-state index in [2.05, 4.69) is 4.72 Å². The lowest BCUT2D eigenvalue weighted by atomic mass is 10.1. The van der Waals surface area contributed by atoms with Crippen LogP contribution in [-0.4, -0.2) is 59.6 Å². The van der Waals surface area contributed by atoms with Crippen LogP contribution in [0.15, 0.2) is 17.0 Å². The van der Waals surface area contributed by atoms with Gasteiger partial charge in [-0.25, -0.2) is 13.1 Å². The van der Waals surface area contributed by atoms with Crippen molar-refractivity contribution in [3.05, 3.63) is 17.7 Å². The second-order valence-electron chi connectivity index (χ2n) is 5.81. The zero-order valence-corrected chi connectivity index (χ0v) is 14.7. The van der Waals surface area contributed by atoms with E-state index in [-0.39, 0.29) is 10.8 Å². The first-order chi connectivity index (χ1) is 10.7. The van der Waals surface area contributed by atoms with E-state index < -0.39 is 10.0 Å². The largest absolute Gasteiger partial charge is 0.489 e. The molecule has 128 valence electrons. The highest BCUT2D eigenvalue weighted by Gasteiger charge is 2.26. The SMILES string of the molecule is CC(=O)N1CCOc2cc(S(=O)(=O)NCCN(C)C)c(C)cc21. The number of nitrogens with one attached hydrogen (secondary N) is 1. The van der Waals surface area contributed by atoms with E-state index in [1.165, 1.54) is 13.0 Å².